The first-order valence-corrected chi connectivity index (χ1v) is 10.0. The molecule has 1 aromatic rings. The number of likely N-dealkylation sites (N-methyl/N-ethyl adjacent to an activating group) is 1. The van der Waals surface area contributed by atoms with Crippen LogP contribution in [0.1, 0.15) is 31.7 Å². The van der Waals surface area contributed by atoms with E-state index >= 15 is 0 Å². The van der Waals surface area contributed by atoms with E-state index in [1.807, 2.05) is 12.1 Å². The van der Waals surface area contributed by atoms with Crippen molar-refractivity contribution in [3.63, 3.8) is 0 Å². The Morgan fingerprint density at radius 1 is 1.25 bits per heavy atom. The smallest absolute Gasteiger partial charge is 0.194 e. The van der Waals surface area contributed by atoms with Crippen LogP contribution >= 0.6 is 24.0 Å². The number of ether oxygens (including phenoxy) is 3. The Labute approximate surface area is 187 Å². The molecule has 0 atom stereocenters. The van der Waals surface area contributed by atoms with Gasteiger partial charge in [-0.05, 0) is 43.4 Å². The Balaban J connectivity index is 0.00000392. The molecule has 0 amide bonds. The first kappa shape index (κ1) is 25.0. The van der Waals surface area contributed by atoms with Gasteiger partial charge in [-0.25, -0.2) is 4.99 Å². The van der Waals surface area contributed by atoms with Crippen molar-refractivity contribution in [1.82, 2.24) is 10.2 Å². The molecule has 0 unspecified atom stereocenters. The zero-order valence-electron chi connectivity index (χ0n) is 17.5. The van der Waals surface area contributed by atoms with E-state index in [1.165, 1.54) is 12.8 Å². The number of halogens is 1. The number of guanidine groups is 1. The summed E-state index contributed by atoms with van der Waals surface area (Å²) in [5.74, 6) is 2.59. The van der Waals surface area contributed by atoms with Crippen LogP contribution in [0.2, 0.25) is 0 Å². The topological polar surface area (TPSA) is 55.3 Å². The number of rotatable bonds is 13. The predicted molar refractivity (Wildman–Crippen MR) is 125 cm³/mol. The first-order chi connectivity index (χ1) is 13.2. The van der Waals surface area contributed by atoms with E-state index < -0.39 is 0 Å². The zero-order chi connectivity index (χ0) is 19.3. The molecule has 0 saturated heterocycles. The monoisotopic (exact) mass is 505 g/mol. The highest BCUT2D eigenvalue weighted by Crippen LogP contribution is 2.28. The molecule has 2 rings (SSSR count). The summed E-state index contributed by atoms with van der Waals surface area (Å²) in [6, 6.07) is 8.12. The molecule has 0 aromatic heterocycles. The highest BCUT2D eigenvalue weighted by molar-refractivity contribution is 14.0. The molecule has 0 heterocycles. The minimum atomic E-state index is 0. The highest BCUT2D eigenvalue weighted by atomic mass is 127. The number of nitrogens with zero attached hydrogens (tertiary/aromatic N) is 2. The number of hydrogen-bond donors (Lipinski definition) is 1. The molecule has 1 saturated carbocycles. The zero-order valence-corrected chi connectivity index (χ0v) is 19.8. The largest absolute Gasteiger partial charge is 0.493 e. The van der Waals surface area contributed by atoms with Crippen molar-refractivity contribution in [2.24, 2.45) is 10.9 Å². The first-order valence-electron chi connectivity index (χ1n) is 10.0. The Morgan fingerprint density at radius 3 is 2.79 bits per heavy atom. The van der Waals surface area contributed by atoms with Crippen LogP contribution in [0.25, 0.3) is 0 Å². The standard InChI is InChI=1S/C21H35N3O3.HI/c1-4-22-21(24(2)11-14-26-17-18-9-10-18)23-16-19-7-5-8-20(15-19)27-13-6-12-25-3;/h5,7-8,15,18H,4,6,9-14,16-17H2,1-3H3,(H,22,23);1H. The quantitative estimate of drug-likeness (QED) is 0.192. The average molecular weight is 505 g/mol. The van der Waals surface area contributed by atoms with Crippen molar-refractivity contribution in [2.45, 2.75) is 32.7 Å². The second-order valence-electron chi connectivity index (χ2n) is 6.95. The molecule has 6 nitrogen and oxygen atoms in total. The van der Waals surface area contributed by atoms with Gasteiger partial charge in [-0.2, -0.15) is 0 Å². The highest BCUT2D eigenvalue weighted by Gasteiger charge is 2.21. The lowest BCUT2D eigenvalue weighted by Gasteiger charge is -2.22. The summed E-state index contributed by atoms with van der Waals surface area (Å²) >= 11 is 0. The molecule has 1 aliphatic rings. The van der Waals surface area contributed by atoms with Crippen LogP contribution in [0.15, 0.2) is 29.3 Å². The fourth-order valence-corrected chi connectivity index (χ4v) is 2.60. The van der Waals surface area contributed by atoms with Crippen molar-refractivity contribution in [3.05, 3.63) is 29.8 Å². The van der Waals surface area contributed by atoms with E-state index in [0.717, 1.165) is 55.9 Å². The Bertz CT molecular complexity index is 568. The molecular weight excluding hydrogens is 469 g/mol. The summed E-state index contributed by atoms with van der Waals surface area (Å²) in [4.78, 5) is 6.89. The fraction of sp³-hybridized carbons (Fsp3) is 0.667. The molecule has 0 aliphatic heterocycles. The van der Waals surface area contributed by atoms with Gasteiger partial charge in [0.2, 0.25) is 0 Å². The number of benzene rings is 1. The van der Waals surface area contributed by atoms with Gasteiger partial charge in [0, 0.05) is 46.9 Å². The number of nitrogens with one attached hydrogen (secondary N) is 1. The van der Waals surface area contributed by atoms with Crippen LogP contribution in [-0.4, -0.2) is 64.5 Å². The van der Waals surface area contributed by atoms with E-state index in [2.05, 4.69) is 36.3 Å². The third kappa shape index (κ3) is 10.5. The SMILES string of the molecule is CCNC(=NCc1cccc(OCCCOC)c1)N(C)CCOCC1CC1.I. The third-order valence-electron chi connectivity index (χ3n) is 4.39. The van der Waals surface area contributed by atoms with Gasteiger partial charge in [-0.3, -0.25) is 0 Å². The Kier molecular flexibility index (Phi) is 13.3. The Hall–Kier alpha value is -1.06. The normalized spacial score (nSPS) is 13.8. The van der Waals surface area contributed by atoms with Gasteiger partial charge in [0.1, 0.15) is 5.75 Å². The minimum absolute atomic E-state index is 0. The van der Waals surface area contributed by atoms with E-state index in [9.17, 15) is 0 Å². The lowest BCUT2D eigenvalue weighted by Crippen LogP contribution is -2.40. The number of aliphatic imine (C=N–C) groups is 1. The molecule has 1 aromatic carbocycles. The summed E-state index contributed by atoms with van der Waals surface area (Å²) in [6.07, 6.45) is 3.54. The third-order valence-corrected chi connectivity index (χ3v) is 4.39. The lowest BCUT2D eigenvalue weighted by molar-refractivity contribution is 0.115. The molecule has 7 heteroatoms. The van der Waals surface area contributed by atoms with E-state index in [0.29, 0.717) is 19.8 Å². The maximum atomic E-state index is 5.77. The fourth-order valence-electron chi connectivity index (χ4n) is 2.60. The van der Waals surface area contributed by atoms with Crippen LogP contribution in [0, 0.1) is 5.92 Å². The molecule has 0 spiro atoms. The van der Waals surface area contributed by atoms with Crippen molar-refractivity contribution < 1.29 is 14.2 Å². The average Bonchev–Trinajstić information content (AvgIpc) is 3.50. The second kappa shape index (κ2) is 14.9. The van der Waals surface area contributed by atoms with Crippen LogP contribution in [0.3, 0.4) is 0 Å². The lowest BCUT2D eigenvalue weighted by atomic mass is 10.2. The summed E-state index contributed by atoms with van der Waals surface area (Å²) in [6.45, 7) is 7.39. The number of methoxy groups -OCH3 is 1. The van der Waals surface area contributed by atoms with E-state index in [4.69, 9.17) is 19.2 Å². The molecule has 160 valence electrons. The van der Waals surface area contributed by atoms with Crippen LogP contribution in [0.4, 0.5) is 0 Å². The van der Waals surface area contributed by atoms with Crippen molar-refractivity contribution >= 4 is 29.9 Å². The summed E-state index contributed by atoms with van der Waals surface area (Å²) in [7, 11) is 3.76. The summed E-state index contributed by atoms with van der Waals surface area (Å²) in [5.41, 5.74) is 1.13. The van der Waals surface area contributed by atoms with Crippen molar-refractivity contribution in [2.75, 3.05) is 53.7 Å². The van der Waals surface area contributed by atoms with Gasteiger partial charge < -0.3 is 24.4 Å². The van der Waals surface area contributed by atoms with Crippen molar-refractivity contribution in [3.8, 4) is 5.75 Å². The van der Waals surface area contributed by atoms with E-state index in [1.54, 1.807) is 7.11 Å². The van der Waals surface area contributed by atoms with Gasteiger partial charge in [-0.1, -0.05) is 12.1 Å². The second-order valence-corrected chi connectivity index (χ2v) is 6.95. The molecular formula is C21H36IN3O3. The molecule has 1 aliphatic carbocycles. The maximum Gasteiger partial charge on any atom is 0.194 e. The molecule has 0 bridgehead atoms. The maximum absolute atomic E-state index is 5.77. The van der Waals surface area contributed by atoms with Gasteiger partial charge in [0.25, 0.3) is 0 Å². The van der Waals surface area contributed by atoms with E-state index in [-0.39, 0.29) is 24.0 Å². The minimum Gasteiger partial charge on any atom is -0.493 e. The summed E-state index contributed by atoms with van der Waals surface area (Å²) < 4.78 is 16.6. The molecule has 28 heavy (non-hydrogen) atoms. The Morgan fingerprint density at radius 2 is 2.07 bits per heavy atom. The molecule has 0 radical (unpaired) electrons. The van der Waals surface area contributed by atoms with Crippen LogP contribution < -0.4 is 10.1 Å². The number of hydrogen-bond acceptors (Lipinski definition) is 4. The van der Waals surface area contributed by atoms with Crippen LogP contribution in [0.5, 0.6) is 5.75 Å². The van der Waals surface area contributed by atoms with Gasteiger partial charge in [0.05, 0.1) is 19.8 Å². The van der Waals surface area contributed by atoms with Gasteiger partial charge in [0.15, 0.2) is 5.96 Å². The predicted octanol–water partition coefficient (Wildman–Crippen LogP) is 3.54. The molecule has 1 N–H and O–H groups in total. The van der Waals surface area contributed by atoms with Crippen LogP contribution in [-0.2, 0) is 16.0 Å². The van der Waals surface area contributed by atoms with Gasteiger partial charge >= 0.3 is 0 Å². The summed E-state index contributed by atoms with van der Waals surface area (Å²) in [5, 5.41) is 3.35. The van der Waals surface area contributed by atoms with Gasteiger partial charge in [-0.15, -0.1) is 24.0 Å². The van der Waals surface area contributed by atoms with Crippen molar-refractivity contribution in [1.29, 1.82) is 0 Å². The molecule has 1 fully saturated rings.